The molecular weight excluding hydrogens is 446 g/mol. The van der Waals surface area contributed by atoms with Crippen molar-refractivity contribution in [3.63, 3.8) is 0 Å². The first-order chi connectivity index (χ1) is 13.3. The number of nitro groups is 1. The number of nitrogens with one attached hydrogen (secondary N) is 2. The van der Waals surface area contributed by atoms with Gasteiger partial charge < -0.3 is 10.1 Å². The van der Waals surface area contributed by atoms with Crippen molar-refractivity contribution in [2.24, 2.45) is 5.92 Å². The Morgan fingerprint density at radius 3 is 2.54 bits per heavy atom. The van der Waals surface area contributed by atoms with Crippen LogP contribution in [0.4, 0.5) is 11.4 Å². The van der Waals surface area contributed by atoms with E-state index < -0.39 is 10.8 Å². The Hall–Kier alpha value is -2.52. The van der Waals surface area contributed by atoms with E-state index in [4.69, 9.17) is 17.0 Å². The zero-order chi connectivity index (χ0) is 20.7. The maximum atomic E-state index is 12.6. The summed E-state index contributed by atoms with van der Waals surface area (Å²) >= 11 is 8.52. The molecule has 0 aliphatic carbocycles. The van der Waals surface area contributed by atoms with Crippen LogP contribution >= 0.6 is 28.1 Å². The van der Waals surface area contributed by atoms with Crippen LogP contribution in [-0.4, -0.2) is 22.5 Å². The number of amides is 1. The average molecular weight is 466 g/mol. The molecule has 1 amide bonds. The number of rotatable bonds is 7. The van der Waals surface area contributed by atoms with E-state index >= 15 is 0 Å². The number of thiocarbonyl (C=S) groups is 1. The Bertz CT molecular complexity index is 872. The second kappa shape index (κ2) is 10.1. The number of anilines is 1. The maximum absolute atomic E-state index is 12.6. The van der Waals surface area contributed by atoms with Crippen LogP contribution in [-0.2, 0) is 0 Å². The predicted molar refractivity (Wildman–Crippen MR) is 116 cm³/mol. The van der Waals surface area contributed by atoms with Crippen LogP contribution < -0.4 is 15.4 Å². The summed E-state index contributed by atoms with van der Waals surface area (Å²) in [4.78, 5) is 22.8. The fourth-order valence-corrected chi connectivity index (χ4v) is 2.78. The molecule has 2 aromatic rings. The Balaban J connectivity index is 2.03. The standard InChI is InChI=1S/C19H20BrN3O4S/c1-12(2)9-10-27-17-8-3-13(20)11-16(17)18(24)22-19(28)21-14-4-6-15(7-5-14)23(25)26/h3-8,11-12H,9-10H2,1-2H3,(H2,21,22,24,28). The highest BCUT2D eigenvalue weighted by molar-refractivity contribution is 9.10. The SMILES string of the molecule is CC(C)CCOc1ccc(Br)cc1C(=O)NC(=S)Nc1ccc([N+](=O)[O-])cc1. The predicted octanol–water partition coefficient (Wildman–Crippen LogP) is 4.91. The van der Waals surface area contributed by atoms with Gasteiger partial charge in [0.15, 0.2) is 5.11 Å². The molecule has 7 nitrogen and oxygen atoms in total. The van der Waals surface area contributed by atoms with Gasteiger partial charge in [-0.25, -0.2) is 0 Å². The summed E-state index contributed by atoms with van der Waals surface area (Å²) in [5, 5.41) is 16.2. The van der Waals surface area contributed by atoms with Crippen LogP contribution in [0.3, 0.4) is 0 Å². The number of carbonyl (C=O) groups is 1. The minimum Gasteiger partial charge on any atom is -0.493 e. The Labute approximate surface area is 176 Å². The van der Waals surface area contributed by atoms with E-state index in [0.29, 0.717) is 29.5 Å². The van der Waals surface area contributed by atoms with Crippen molar-refractivity contribution in [1.82, 2.24) is 5.32 Å². The molecule has 0 saturated carbocycles. The monoisotopic (exact) mass is 465 g/mol. The van der Waals surface area contributed by atoms with Gasteiger partial charge in [-0.05, 0) is 54.9 Å². The zero-order valence-electron chi connectivity index (χ0n) is 15.4. The van der Waals surface area contributed by atoms with Gasteiger partial charge in [0.2, 0.25) is 0 Å². The minimum atomic E-state index is -0.488. The molecule has 0 heterocycles. The number of nitro benzene ring substituents is 1. The van der Waals surface area contributed by atoms with E-state index in [9.17, 15) is 14.9 Å². The van der Waals surface area contributed by atoms with Crippen LogP contribution in [0.25, 0.3) is 0 Å². The van der Waals surface area contributed by atoms with Gasteiger partial charge in [-0.1, -0.05) is 29.8 Å². The van der Waals surface area contributed by atoms with E-state index in [-0.39, 0.29) is 10.8 Å². The molecule has 0 unspecified atom stereocenters. The van der Waals surface area contributed by atoms with E-state index in [0.717, 1.165) is 10.9 Å². The summed E-state index contributed by atoms with van der Waals surface area (Å²) in [6, 6.07) is 10.9. The molecule has 2 rings (SSSR count). The molecule has 0 saturated heterocycles. The first-order valence-corrected chi connectivity index (χ1v) is 9.75. The Kier molecular flexibility index (Phi) is 7.89. The highest BCUT2D eigenvalue weighted by Gasteiger charge is 2.15. The van der Waals surface area contributed by atoms with Gasteiger partial charge in [0.05, 0.1) is 17.1 Å². The topological polar surface area (TPSA) is 93.5 Å². The van der Waals surface area contributed by atoms with Gasteiger partial charge in [-0.3, -0.25) is 20.2 Å². The van der Waals surface area contributed by atoms with Crippen molar-refractivity contribution in [1.29, 1.82) is 0 Å². The van der Waals surface area contributed by atoms with Crippen LogP contribution in [0.15, 0.2) is 46.9 Å². The fraction of sp³-hybridized carbons (Fsp3) is 0.263. The lowest BCUT2D eigenvalue weighted by Gasteiger charge is -2.14. The van der Waals surface area contributed by atoms with Crippen molar-refractivity contribution in [3.05, 3.63) is 62.6 Å². The van der Waals surface area contributed by atoms with Gasteiger partial charge in [-0.2, -0.15) is 0 Å². The zero-order valence-corrected chi connectivity index (χ0v) is 17.8. The van der Waals surface area contributed by atoms with Gasteiger partial charge in [0, 0.05) is 22.3 Å². The molecule has 28 heavy (non-hydrogen) atoms. The van der Waals surface area contributed by atoms with E-state index in [1.807, 2.05) is 0 Å². The lowest BCUT2D eigenvalue weighted by atomic mass is 10.1. The third kappa shape index (κ3) is 6.58. The molecule has 0 atom stereocenters. The number of carbonyl (C=O) groups excluding carboxylic acids is 1. The normalized spacial score (nSPS) is 10.4. The summed E-state index contributed by atoms with van der Waals surface area (Å²) in [6.07, 6.45) is 0.872. The number of halogens is 1. The van der Waals surface area contributed by atoms with Crippen LogP contribution in [0.5, 0.6) is 5.75 Å². The number of ether oxygens (including phenoxy) is 1. The smallest absolute Gasteiger partial charge is 0.269 e. The Morgan fingerprint density at radius 1 is 1.25 bits per heavy atom. The molecule has 2 N–H and O–H groups in total. The second-order valence-electron chi connectivity index (χ2n) is 6.38. The average Bonchev–Trinajstić information content (AvgIpc) is 2.62. The van der Waals surface area contributed by atoms with E-state index in [1.165, 1.54) is 24.3 Å². The third-order valence-electron chi connectivity index (χ3n) is 3.70. The first kappa shape index (κ1) is 21.8. The van der Waals surface area contributed by atoms with E-state index in [1.54, 1.807) is 18.2 Å². The fourth-order valence-electron chi connectivity index (χ4n) is 2.21. The first-order valence-electron chi connectivity index (χ1n) is 8.55. The van der Waals surface area contributed by atoms with Crippen molar-refractivity contribution in [3.8, 4) is 5.75 Å². The summed E-state index contributed by atoms with van der Waals surface area (Å²) in [5.41, 5.74) is 0.849. The van der Waals surface area contributed by atoms with Crippen LogP contribution in [0.1, 0.15) is 30.6 Å². The highest BCUT2D eigenvalue weighted by atomic mass is 79.9. The molecular formula is C19H20BrN3O4S. The minimum absolute atomic E-state index is 0.0298. The largest absolute Gasteiger partial charge is 0.493 e. The molecule has 0 radical (unpaired) electrons. The Morgan fingerprint density at radius 2 is 1.93 bits per heavy atom. The molecule has 0 aliphatic rings. The number of hydrogen-bond donors (Lipinski definition) is 2. The summed E-state index contributed by atoms with van der Waals surface area (Å²) < 4.78 is 6.49. The molecule has 148 valence electrons. The third-order valence-corrected chi connectivity index (χ3v) is 4.40. The number of benzene rings is 2. The van der Waals surface area contributed by atoms with E-state index in [2.05, 4.69) is 40.4 Å². The maximum Gasteiger partial charge on any atom is 0.269 e. The lowest BCUT2D eigenvalue weighted by molar-refractivity contribution is -0.384. The number of hydrogen-bond acceptors (Lipinski definition) is 5. The molecule has 9 heteroatoms. The summed E-state index contributed by atoms with van der Waals surface area (Å²) in [6.45, 7) is 4.70. The summed E-state index contributed by atoms with van der Waals surface area (Å²) in [7, 11) is 0. The molecule has 0 bridgehead atoms. The molecule has 0 aromatic heterocycles. The van der Waals surface area contributed by atoms with Crippen LogP contribution in [0.2, 0.25) is 0 Å². The number of nitrogens with zero attached hydrogens (tertiary/aromatic N) is 1. The molecule has 2 aromatic carbocycles. The van der Waals surface area contributed by atoms with Crippen molar-refractivity contribution in [2.75, 3.05) is 11.9 Å². The summed E-state index contributed by atoms with van der Waals surface area (Å²) in [5.74, 6) is 0.547. The van der Waals surface area contributed by atoms with Crippen molar-refractivity contribution in [2.45, 2.75) is 20.3 Å². The molecule has 0 aliphatic heterocycles. The second-order valence-corrected chi connectivity index (χ2v) is 7.71. The van der Waals surface area contributed by atoms with Gasteiger partial charge >= 0.3 is 0 Å². The van der Waals surface area contributed by atoms with Crippen molar-refractivity contribution < 1.29 is 14.5 Å². The highest BCUT2D eigenvalue weighted by Crippen LogP contribution is 2.24. The van der Waals surface area contributed by atoms with Gasteiger partial charge in [0.25, 0.3) is 11.6 Å². The van der Waals surface area contributed by atoms with Crippen LogP contribution in [0, 0.1) is 16.0 Å². The number of non-ortho nitro benzene ring substituents is 1. The quantitative estimate of drug-likeness (QED) is 0.342. The van der Waals surface area contributed by atoms with Crippen molar-refractivity contribution >= 4 is 50.5 Å². The lowest BCUT2D eigenvalue weighted by Crippen LogP contribution is -2.34. The molecule has 0 spiro atoms. The van der Waals surface area contributed by atoms with Gasteiger partial charge in [-0.15, -0.1) is 0 Å². The molecule has 0 fully saturated rings. The van der Waals surface area contributed by atoms with Gasteiger partial charge in [0.1, 0.15) is 5.75 Å².